The molecule has 0 saturated carbocycles. The minimum absolute atomic E-state index is 0.284. The number of nitriles is 1. The third-order valence-corrected chi connectivity index (χ3v) is 4.60. The summed E-state index contributed by atoms with van der Waals surface area (Å²) in [7, 11) is 0. The first-order chi connectivity index (χ1) is 9.67. The van der Waals surface area contributed by atoms with Gasteiger partial charge in [-0.1, -0.05) is 37.9 Å². The Morgan fingerprint density at radius 2 is 1.85 bits per heavy atom. The fourth-order valence-electron chi connectivity index (χ4n) is 2.66. The van der Waals surface area contributed by atoms with Crippen LogP contribution in [0.15, 0.2) is 45.3 Å². The third-order valence-electron chi connectivity index (χ3n) is 3.61. The first kappa shape index (κ1) is 13.7. The van der Waals surface area contributed by atoms with E-state index in [2.05, 4.69) is 61.4 Å². The number of rotatable bonds is 2. The highest BCUT2D eigenvalue weighted by atomic mass is 79.9. The predicted molar refractivity (Wildman–Crippen MR) is 87.7 cm³/mol. The average molecular weight is 392 g/mol. The molecule has 1 N–H and O–H groups in total. The van der Waals surface area contributed by atoms with E-state index in [1.54, 1.807) is 0 Å². The van der Waals surface area contributed by atoms with Crippen molar-refractivity contribution in [2.45, 2.75) is 18.9 Å². The molecule has 1 aliphatic rings. The van der Waals surface area contributed by atoms with Crippen LogP contribution < -0.4 is 5.32 Å². The van der Waals surface area contributed by atoms with Crippen molar-refractivity contribution < 1.29 is 0 Å². The zero-order valence-electron chi connectivity index (χ0n) is 10.7. The van der Waals surface area contributed by atoms with Crippen LogP contribution in [-0.4, -0.2) is 0 Å². The van der Waals surface area contributed by atoms with Crippen molar-refractivity contribution in [3.8, 4) is 6.07 Å². The minimum Gasteiger partial charge on any atom is -0.377 e. The molecule has 2 aromatic carbocycles. The average Bonchev–Trinajstić information content (AvgIpc) is 2.83. The van der Waals surface area contributed by atoms with Crippen molar-refractivity contribution >= 4 is 37.5 Å². The van der Waals surface area contributed by atoms with E-state index < -0.39 is 0 Å². The van der Waals surface area contributed by atoms with Crippen LogP contribution in [0.5, 0.6) is 0 Å². The Labute approximate surface area is 135 Å². The Bertz CT molecular complexity index is 704. The second kappa shape index (κ2) is 5.59. The molecule has 1 atom stereocenters. The van der Waals surface area contributed by atoms with E-state index >= 15 is 0 Å². The van der Waals surface area contributed by atoms with E-state index in [9.17, 15) is 5.26 Å². The van der Waals surface area contributed by atoms with Crippen molar-refractivity contribution in [2.24, 2.45) is 0 Å². The van der Waals surface area contributed by atoms with Crippen molar-refractivity contribution in [1.82, 2.24) is 0 Å². The summed E-state index contributed by atoms with van der Waals surface area (Å²) in [6.45, 7) is 0. The summed E-state index contributed by atoms with van der Waals surface area (Å²) >= 11 is 6.91. The molecule has 0 aromatic heterocycles. The van der Waals surface area contributed by atoms with Gasteiger partial charge in [-0.15, -0.1) is 0 Å². The number of anilines is 1. The summed E-state index contributed by atoms with van der Waals surface area (Å²) in [5, 5.41) is 12.7. The molecular formula is C16H12Br2N2. The SMILES string of the molecule is N#Cc1cc(Br)ccc1NC1CCc2cc(Br)ccc21. The first-order valence-electron chi connectivity index (χ1n) is 6.42. The number of fused-ring (bicyclic) bond motifs is 1. The Morgan fingerprint density at radius 1 is 1.10 bits per heavy atom. The molecule has 100 valence electrons. The van der Waals surface area contributed by atoms with Crippen molar-refractivity contribution in [3.05, 3.63) is 62.0 Å². The number of nitrogens with one attached hydrogen (secondary N) is 1. The highest BCUT2D eigenvalue weighted by molar-refractivity contribution is 9.10. The lowest BCUT2D eigenvalue weighted by Crippen LogP contribution is -2.08. The molecule has 0 spiro atoms. The van der Waals surface area contributed by atoms with E-state index in [1.165, 1.54) is 11.1 Å². The number of benzene rings is 2. The lowest BCUT2D eigenvalue weighted by molar-refractivity contribution is 0.761. The van der Waals surface area contributed by atoms with Gasteiger partial charge < -0.3 is 5.32 Å². The number of hydrogen-bond acceptors (Lipinski definition) is 2. The van der Waals surface area contributed by atoms with Crippen LogP contribution in [0.25, 0.3) is 0 Å². The lowest BCUT2D eigenvalue weighted by Gasteiger charge is -2.17. The van der Waals surface area contributed by atoms with E-state index in [1.807, 2.05) is 18.2 Å². The van der Waals surface area contributed by atoms with Gasteiger partial charge in [-0.3, -0.25) is 0 Å². The van der Waals surface area contributed by atoms with E-state index in [0.717, 1.165) is 27.5 Å². The molecule has 3 rings (SSSR count). The van der Waals surface area contributed by atoms with Crippen molar-refractivity contribution in [2.75, 3.05) is 5.32 Å². The molecule has 2 nitrogen and oxygen atoms in total. The van der Waals surface area contributed by atoms with Crippen LogP contribution >= 0.6 is 31.9 Å². The molecule has 0 aliphatic heterocycles. The maximum Gasteiger partial charge on any atom is 0.101 e. The van der Waals surface area contributed by atoms with Crippen LogP contribution in [0.4, 0.5) is 5.69 Å². The number of aryl methyl sites for hydroxylation is 1. The quantitative estimate of drug-likeness (QED) is 0.765. The first-order valence-corrected chi connectivity index (χ1v) is 8.00. The molecule has 1 unspecified atom stereocenters. The van der Waals surface area contributed by atoms with Crippen LogP contribution in [0.3, 0.4) is 0 Å². The van der Waals surface area contributed by atoms with Gasteiger partial charge in [-0.05, 0) is 54.3 Å². The van der Waals surface area contributed by atoms with E-state index in [-0.39, 0.29) is 6.04 Å². The molecule has 0 amide bonds. The van der Waals surface area contributed by atoms with Crippen LogP contribution in [0, 0.1) is 11.3 Å². The second-order valence-corrected chi connectivity index (χ2v) is 6.71. The fourth-order valence-corrected chi connectivity index (χ4v) is 3.43. The highest BCUT2D eigenvalue weighted by Gasteiger charge is 2.23. The molecule has 0 saturated heterocycles. The molecule has 0 heterocycles. The molecule has 0 fully saturated rings. The smallest absolute Gasteiger partial charge is 0.101 e. The van der Waals surface area contributed by atoms with Crippen LogP contribution in [-0.2, 0) is 6.42 Å². The van der Waals surface area contributed by atoms with Crippen molar-refractivity contribution in [3.63, 3.8) is 0 Å². The van der Waals surface area contributed by atoms with Crippen molar-refractivity contribution in [1.29, 1.82) is 5.26 Å². The van der Waals surface area contributed by atoms with E-state index in [4.69, 9.17) is 0 Å². The summed E-state index contributed by atoms with van der Waals surface area (Å²) in [5.41, 5.74) is 4.29. The maximum atomic E-state index is 9.23. The maximum absolute atomic E-state index is 9.23. The number of hydrogen-bond donors (Lipinski definition) is 1. The second-order valence-electron chi connectivity index (χ2n) is 4.88. The summed E-state index contributed by atoms with van der Waals surface area (Å²) in [6.07, 6.45) is 2.14. The van der Waals surface area contributed by atoms with Gasteiger partial charge in [0.05, 0.1) is 17.3 Å². The molecule has 0 bridgehead atoms. The number of nitrogens with zero attached hydrogens (tertiary/aromatic N) is 1. The van der Waals surface area contributed by atoms with Gasteiger partial charge in [0, 0.05) is 8.95 Å². The Balaban J connectivity index is 1.90. The monoisotopic (exact) mass is 390 g/mol. The molecule has 4 heteroatoms. The van der Waals surface area contributed by atoms with Crippen LogP contribution in [0.1, 0.15) is 29.2 Å². The standard InChI is InChI=1S/C16H12Br2N2/c17-12-2-4-14-10(7-12)1-5-16(14)20-15-6-3-13(18)8-11(15)9-19/h2-4,6-8,16,20H,1,5H2. The van der Waals surface area contributed by atoms with Gasteiger partial charge in [-0.2, -0.15) is 5.26 Å². The summed E-state index contributed by atoms with van der Waals surface area (Å²) in [6, 6.07) is 14.7. The molecule has 2 aromatic rings. The van der Waals surface area contributed by atoms with Gasteiger partial charge >= 0.3 is 0 Å². The summed E-state index contributed by atoms with van der Waals surface area (Å²) < 4.78 is 2.05. The van der Waals surface area contributed by atoms with Gasteiger partial charge in [0.2, 0.25) is 0 Å². The lowest BCUT2D eigenvalue weighted by atomic mass is 10.1. The molecule has 20 heavy (non-hydrogen) atoms. The molecule has 0 radical (unpaired) electrons. The summed E-state index contributed by atoms with van der Waals surface area (Å²) in [4.78, 5) is 0. The number of halogens is 2. The van der Waals surface area contributed by atoms with Gasteiger partial charge in [0.15, 0.2) is 0 Å². The van der Waals surface area contributed by atoms with Crippen LogP contribution in [0.2, 0.25) is 0 Å². The molecular weight excluding hydrogens is 380 g/mol. The largest absolute Gasteiger partial charge is 0.377 e. The third kappa shape index (κ3) is 2.61. The highest BCUT2D eigenvalue weighted by Crippen LogP contribution is 2.36. The van der Waals surface area contributed by atoms with E-state index in [0.29, 0.717) is 5.56 Å². The topological polar surface area (TPSA) is 35.8 Å². The predicted octanol–water partition coefficient (Wildman–Crippen LogP) is 5.18. The van der Waals surface area contributed by atoms with Gasteiger partial charge in [-0.25, -0.2) is 0 Å². The normalized spacial score (nSPS) is 16.6. The zero-order chi connectivity index (χ0) is 14.1. The Hall–Kier alpha value is -1.31. The fraction of sp³-hybridized carbons (Fsp3) is 0.188. The minimum atomic E-state index is 0.284. The molecule has 1 aliphatic carbocycles. The van der Waals surface area contributed by atoms with Gasteiger partial charge in [0.1, 0.15) is 6.07 Å². The zero-order valence-corrected chi connectivity index (χ0v) is 13.8. The van der Waals surface area contributed by atoms with Gasteiger partial charge in [0.25, 0.3) is 0 Å². The Morgan fingerprint density at radius 3 is 2.65 bits per heavy atom. The summed E-state index contributed by atoms with van der Waals surface area (Å²) in [5.74, 6) is 0. The Kier molecular flexibility index (Phi) is 3.82.